The Bertz CT molecular complexity index is 1480. The Balaban J connectivity index is 1.18. The summed E-state index contributed by atoms with van der Waals surface area (Å²) in [6, 6.07) is 22.9. The van der Waals surface area contributed by atoms with Crippen LogP contribution in [0.2, 0.25) is 0 Å². The van der Waals surface area contributed by atoms with Crippen molar-refractivity contribution in [3.8, 4) is 5.75 Å². The van der Waals surface area contributed by atoms with E-state index in [1.54, 1.807) is 25.4 Å². The third-order valence-corrected chi connectivity index (χ3v) is 7.77. The van der Waals surface area contributed by atoms with Crippen molar-refractivity contribution in [2.24, 2.45) is 0 Å². The lowest BCUT2D eigenvalue weighted by atomic mass is 10.0. The maximum atomic E-state index is 14.3. The molecule has 4 aromatic rings. The van der Waals surface area contributed by atoms with Gasteiger partial charge >= 0.3 is 0 Å². The van der Waals surface area contributed by atoms with E-state index < -0.39 is 0 Å². The summed E-state index contributed by atoms with van der Waals surface area (Å²) in [6.45, 7) is 5.59. The topological polar surface area (TPSA) is 52.2 Å². The van der Waals surface area contributed by atoms with Gasteiger partial charge in [0.2, 0.25) is 0 Å². The molecule has 0 aliphatic carbocycles. The van der Waals surface area contributed by atoms with Crippen LogP contribution in [0.3, 0.4) is 0 Å². The Kier molecular flexibility index (Phi) is 6.92. The number of aromatic nitrogens is 1. The summed E-state index contributed by atoms with van der Waals surface area (Å²) in [7, 11) is 1.71. The second-order valence-corrected chi connectivity index (χ2v) is 9.92. The summed E-state index contributed by atoms with van der Waals surface area (Å²) < 4.78 is 19.8. The summed E-state index contributed by atoms with van der Waals surface area (Å²) in [5.74, 6) is 1.53. The van der Waals surface area contributed by atoms with Crippen molar-refractivity contribution in [3.63, 3.8) is 0 Å². The Hall–Kier alpha value is -4.33. The van der Waals surface area contributed by atoms with Gasteiger partial charge in [-0.2, -0.15) is 0 Å². The molecule has 2 fully saturated rings. The maximum absolute atomic E-state index is 14.3. The van der Waals surface area contributed by atoms with Gasteiger partial charge in [0, 0.05) is 63.9 Å². The normalized spacial score (nSPS) is 16.1. The number of methoxy groups -OCH3 is 1. The van der Waals surface area contributed by atoms with E-state index in [0.29, 0.717) is 37.4 Å². The number of piperazine rings is 2. The number of anilines is 3. The highest BCUT2D eigenvalue weighted by molar-refractivity contribution is 6.09. The van der Waals surface area contributed by atoms with Gasteiger partial charge in [0.1, 0.15) is 17.4 Å². The Morgan fingerprint density at radius 1 is 0.718 bits per heavy atom. The molecule has 1 aromatic heterocycles. The average molecular weight is 526 g/mol. The van der Waals surface area contributed by atoms with Crippen molar-refractivity contribution in [3.05, 3.63) is 90.4 Å². The van der Waals surface area contributed by atoms with Gasteiger partial charge in [0.15, 0.2) is 0 Å². The summed E-state index contributed by atoms with van der Waals surface area (Å²) in [5, 5.41) is 1.90. The summed E-state index contributed by atoms with van der Waals surface area (Å²) in [6.07, 6.45) is 1.73. The maximum Gasteiger partial charge on any atom is 0.256 e. The van der Waals surface area contributed by atoms with Crippen LogP contribution in [0, 0.1) is 5.82 Å². The summed E-state index contributed by atoms with van der Waals surface area (Å²) >= 11 is 0. The van der Waals surface area contributed by atoms with Crippen LogP contribution in [0.25, 0.3) is 10.8 Å². The molecule has 200 valence electrons. The number of carbonyl (C=O) groups excluding carboxylic acids is 1. The zero-order chi connectivity index (χ0) is 26.8. The van der Waals surface area contributed by atoms with E-state index in [4.69, 9.17) is 9.72 Å². The number of ether oxygens (including phenoxy) is 1. The first-order valence-electron chi connectivity index (χ1n) is 13.4. The Morgan fingerprint density at radius 3 is 2.00 bits per heavy atom. The zero-order valence-electron chi connectivity index (χ0n) is 22.1. The number of nitrogens with zero attached hydrogens (tertiary/aromatic N) is 5. The van der Waals surface area contributed by atoms with E-state index >= 15 is 0 Å². The fourth-order valence-electron chi connectivity index (χ4n) is 5.68. The number of para-hydroxylation sites is 3. The van der Waals surface area contributed by atoms with Crippen LogP contribution in [0.1, 0.15) is 10.4 Å². The van der Waals surface area contributed by atoms with Crippen LogP contribution in [0.4, 0.5) is 21.6 Å². The van der Waals surface area contributed by atoms with Gasteiger partial charge in [-0.1, -0.05) is 48.5 Å². The van der Waals surface area contributed by atoms with E-state index in [2.05, 4.69) is 21.9 Å². The van der Waals surface area contributed by atoms with Crippen molar-refractivity contribution in [1.29, 1.82) is 0 Å². The molecule has 0 atom stereocenters. The first-order valence-corrected chi connectivity index (χ1v) is 13.4. The molecule has 0 N–H and O–H groups in total. The second-order valence-electron chi connectivity index (χ2n) is 9.92. The van der Waals surface area contributed by atoms with Crippen LogP contribution in [-0.4, -0.2) is 75.3 Å². The van der Waals surface area contributed by atoms with Crippen molar-refractivity contribution >= 4 is 33.9 Å². The summed E-state index contributed by atoms with van der Waals surface area (Å²) in [5.41, 5.74) is 2.31. The van der Waals surface area contributed by atoms with E-state index in [0.717, 1.165) is 54.2 Å². The molecule has 3 heterocycles. The van der Waals surface area contributed by atoms with Gasteiger partial charge in [-0.3, -0.25) is 4.79 Å². The molecule has 6 rings (SSSR count). The minimum absolute atomic E-state index is 0.0283. The van der Waals surface area contributed by atoms with E-state index in [-0.39, 0.29) is 11.7 Å². The Morgan fingerprint density at radius 2 is 1.28 bits per heavy atom. The first-order chi connectivity index (χ1) is 19.1. The molecule has 2 aliphatic rings. The van der Waals surface area contributed by atoms with Crippen molar-refractivity contribution in [2.45, 2.75) is 0 Å². The third kappa shape index (κ3) is 4.82. The van der Waals surface area contributed by atoms with Gasteiger partial charge in [0.05, 0.1) is 24.0 Å². The minimum atomic E-state index is -0.230. The highest BCUT2D eigenvalue weighted by Gasteiger charge is 2.27. The van der Waals surface area contributed by atoms with Gasteiger partial charge in [-0.15, -0.1) is 0 Å². The van der Waals surface area contributed by atoms with Crippen LogP contribution in [-0.2, 0) is 0 Å². The quantitative estimate of drug-likeness (QED) is 0.378. The molecule has 0 spiro atoms. The fourth-order valence-corrected chi connectivity index (χ4v) is 5.68. The number of hydrogen-bond acceptors (Lipinski definition) is 6. The molecular weight excluding hydrogens is 493 g/mol. The van der Waals surface area contributed by atoms with Crippen molar-refractivity contribution < 1.29 is 13.9 Å². The minimum Gasteiger partial charge on any atom is -0.495 e. The van der Waals surface area contributed by atoms with Gasteiger partial charge in [-0.05, 0) is 29.7 Å². The smallest absolute Gasteiger partial charge is 0.256 e. The fraction of sp³-hybridized carbons (Fsp3) is 0.290. The lowest BCUT2D eigenvalue weighted by Crippen LogP contribution is -2.49. The van der Waals surface area contributed by atoms with Gasteiger partial charge in [0.25, 0.3) is 5.91 Å². The van der Waals surface area contributed by atoms with Crippen LogP contribution in [0.15, 0.2) is 79.0 Å². The molecule has 1 amide bonds. The molecule has 0 bridgehead atoms. The van der Waals surface area contributed by atoms with Gasteiger partial charge < -0.3 is 24.3 Å². The largest absolute Gasteiger partial charge is 0.495 e. The number of benzene rings is 3. The number of halogens is 1. The number of fused-ring (bicyclic) bond motifs is 1. The SMILES string of the molecule is COc1ccccc1N1CCN(c2ncc(C(=O)N3CCN(c4ccccc4F)CC3)c3ccccc23)CC1. The van der Waals surface area contributed by atoms with E-state index in [9.17, 15) is 9.18 Å². The average Bonchev–Trinajstić information content (AvgIpc) is 3.00. The lowest BCUT2D eigenvalue weighted by Gasteiger charge is -2.38. The molecule has 7 nitrogen and oxygen atoms in total. The predicted molar refractivity (Wildman–Crippen MR) is 154 cm³/mol. The predicted octanol–water partition coefficient (Wildman–Crippen LogP) is 4.67. The van der Waals surface area contributed by atoms with E-state index in [1.807, 2.05) is 52.3 Å². The molecule has 0 unspecified atom stereocenters. The van der Waals surface area contributed by atoms with Gasteiger partial charge in [-0.25, -0.2) is 9.37 Å². The van der Waals surface area contributed by atoms with E-state index in [1.165, 1.54) is 6.07 Å². The third-order valence-electron chi connectivity index (χ3n) is 7.77. The standard InChI is InChI=1S/C31H32FN5O2/c1-39-29-13-7-6-12-28(29)35-14-18-36(19-15-35)30-24-9-3-2-8-23(24)25(22-33-30)31(38)37-20-16-34(17-21-37)27-11-5-4-10-26(27)32/h2-13,22H,14-21H2,1H3. The molecular formula is C31H32FN5O2. The number of rotatable bonds is 5. The monoisotopic (exact) mass is 525 g/mol. The van der Waals surface area contributed by atoms with Crippen LogP contribution < -0.4 is 19.4 Å². The first kappa shape index (κ1) is 25.0. The number of pyridine rings is 1. The molecule has 2 saturated heterocycles. The molecule has 39 heavy (non-hydrogen) atoms. The Labute approximate surface area is 228 Å². The second kappa shape index (κ2) is 10.8. The van der Waals surface area contributed by atoms with Crippen LogP contribution >= 0.6 is 0 Å². The lowest BCUT2D eigenvalue weighted by molar-refractivity contribution is 0.0748. The number of hydrogen-bond donors (Lipinski definition) is 0. The zero-order valence-corrected chi connectivity index (χ0v) is 22.1. The highest BCUT2D eigenvalue weighted by Crippen LogP contribution is 2.32. The number of carbonyl (C=O) groups is 1. The highest BCUT2D eigenvalue weighted by atomic mass is 19.1. The van der Waals surface area contributed by atoms with Crippen molar-refractivity contribution in [2.75, 3.05) is 74.2 Å². The molecule has 0 saturated carbocycles. The number of amides is 1. The molecule has 3 aromatic carbocycles. The molecule has 8 heteroatoms. The van der Waals surface area contributed by atoms with Crippen LogP contribution in [0.5, 0.6) is 5.75 Å². The molecule has 2 aliphatic heterocycles. The summed E-state index contributed by atoms with van der Waals surface area (Å²) in [4.78, 5) is 27.0. The molecule has 0 radical (unpaired) electrons. The van der Waals surface area contributed by atoms with Crippen molar-refractivity contribution in [1.82, 2.24) is 9.88 Å².